The number of aromatic nitrogens is 1. The number of carboxylic acid groups (broad SMARTS) is 1. The molecule has 0 amide bonds. The highest BCUT2D eigenvalue weighted by Gasteiger charge is 2.29. The second-order valence-corrected chi connectivity index (χ2v) is 7.53. The molecule has 0 spiro atoms. The van der Waals surface area contributed by atoms with Crippen molar-refractivity contribution in [1.29, 1.82) is 0 Å². The number of ether oxygens (including phenoxy) is 1. The number of thiazole rings is 1. The lowest BCUT2D eigenvalue weighted by molar-refractivity contribution is -0.138. The molecule has 2 aromatic carbocycles. The minimum Gasteiger partial charge on any atom is -0.480 e. The molecule has 3 aromatic rings. The lowest BCUT2D eigenvalue weighted by Crippen LogP contribution is -2.33. The predicted octanol–water partition coefficient (Wildman–Crippen LogP) is 4.18. The number of para-hydroxylation sites is 1. The summed E-state index contributed by atoms with van der Waals surface area (Å²) in [5.74, 6) is 0.00822. The monoisotopic (exact) mass is 368 g/mol. The van der Waals surface area contributed by atoms with Crippen molar-refractivity contribution in [2.75, 3.05) is 13.1 Å². The van der Waals surface area contributed by atoms with Crippen LogP contribution in [-0.2, 0) is 11.2 Å². The van der Waals surface area contributed by atoms with Crippen molar-refractivity contribution in [3.8, 4) is 10.9 Å². The minimum atomic E-state index is -0.753. The van der Waals surface area contributed by atoms with Crippen molar-refractivity contribution in [2.24, 2.45) is 0 Å². The van der Waals surface area contributed by atoms with E-state index in [0.717, 1.165) is 41.8 Å². The molecule has 1 aliphatic rings. The van der Waals surface area contributed by atoms with Crippen LogP contribution in [0.4, 0.5) is 0 Å². The number of carboxylic acids is 1. The molecule has 134 valence electrons. The second-order valence-electron chi connectivity index (χ2n) is 6.54. The molecule has 6 heteroatoms. The summed E-state index contributed by atoms with van der Waals surface area (Å²) in [6, 6.07) is 16.4. The van der Waals surface area contributed by atoms with Crippen molar-refractivity contribution in [3.05, 3.63) is 54.1 Å². The molecule has 0 bridgehead atoms. The first-order chi connectivity index (χ1) is 12.7. The number of benzene rings is 2. The molecular weight excluding hydrogens is 348 g/mol. The standard InChI is InChI=1S/C20H20N2O3S/c23-19(24)13-22(15-7-8-15)12-11-14-5-9-16(10-6-14)25-20-21-17-3-1-2-4-18(17)26-20/h1-6,9-10,15H,7-8,11-13H2,(H,23,24). The summed E-state index contributed by atoms with van der Waals surface area (Å²) < 4.78 is 6.97. The molecule has 26 heavy (non-hydrogen) atoms. The number of hydrogen-bond donors (Lipinski definition) is 1. The van der Waals surface area contributed by atoms with E-state index in [2.05, 4.69) is 9.88 Å². The van der Waals surface area contributed by atoms with E-state index in [1.807, 2.05) is 48.5 Å². The maximum Gasteiger partial charge on any atom is 0.317 e. The van der Waals surface area contributed by atoms with Crippen LogP contribution < -0.4 is 4.74 Å². The Morgan fingerprint density at radius 2 is 1.96 bits per heavy atom. The van der Waals surface area contributed by atoms with Crippen LogP contribution >= 0.6 is 11.3 Å². The number of fused-ring (bicyclic) bond motifs is 1. The summed E-state index contributed by atoms with van der Waals surface area (Å²) in [4.78, 5) is 17.5. The fourth-order valence-corrected chi connectivity index (χ4v) is 3.83. The molecule has 0 radical (unpaired) electrons. The molecule has 0 saturated heterocycles. The van der Waals surface area contributed by atoms with E-state index in [9.17, 15) is 4.79 Å². The Balaban J connectivity index is 1.36. The first-order valence-electron chi connectivity index (χ1n) is 8.75. The zero-order valence-corrected chi connectivity index (χ0v) is 15.1. The summed E-state index contributed by atoms with van der Waals surface area (Å²) in [5, 5.41) is 9.66. The van der Waals surface area contributed by atoms with Crippen molar-refractivity contribution >= 4 is 27.5 Å². The average molecular weight is 368 g/mol. The van der Waals surface area contributed by atoms with Crippen molar-refractivity contribution in [2.45, 2.75) is 25.3 Å². The van der Waals surface area contributed by atoms with E-state index < -0.39 is 5.97 Å². The number of hydrogen-bond acceptors (Lipinski definition) is 5. The molecule has 1 aromatic heterocycles. The van der Waals surface area contributed by atoms with Crippen LogP contribution in [0.1, 0.15) is 18.4 Å². The van der Waals surface area contributed by atoms with Gasteiger partial charge in [0, 0.05) is 12.6 Å². The van der Waals surface area contributed by atoms with Crippen LogP contribution in [0.2, 0.25) is 0 Å². The lowest BCUT2D eigenvalue weighted by atomic mass is 10.1. The molecule has 1 aliphatic carbocycles. The second kappa shape index (κ2) is 7.43. The van der Waals surface area contributed by atoms with Gasteiger partial charge in [0.1, 0.15) is 5.75 Å². The van der Waals surface area contributed by atoms with Gasteiger partial charge >= 0.3 is 5.97 Å². The minimum absolute atomic E-state index is 0.128. The third-order valence-electron chi connectivity index (χ3n) is 4.49. The molecule has 0 aliphatic heterocycles. The predicted molar refractivity (Wildman–Crippen MR) is 102 cm³/mol. The molecule has 1 fully saturated rings. The highest BCUT2D eigenvalue weighted by Crippen LogP contribution is 2.31. The Morgan fingerprint density at radius 1 is 1.19 bits per heavy atom. The van der Waals surface area contributed by atoms with Gasteiger partial charge in [0.25, 0.3) is 5.19 Å². The Bertz CT molecular complexity index is 870. The number of rotatable bonds is 8. The molecule has 1 heterocycles. The number of nitrogens with zero attached hydrogens (tertiary/aromatic N) is 2. The third kappa shape index (κ3) is 4.20. The van der Waals surface area contributed by atoms with E-state index in [1.54, 1.807) is 0 Å². The van der Waals surface area contributed by atoms with Gasteiger partial charge in [0.2, 0.25) is 0 Å². The SMILES string of the molecule is O=C(O)CN(CCc1ccc(Oc2nc3ccccc3s2)cc1)C1CC1. The molecule has 4 rings (SSSR count). The Hall–Kier alpha value is -2.44. The first-order valence-corrected chi connectivity index (χ1v) is 9.57. The normalized spacial score (nSPS) is 14.0. The third-order valence-corrected chi connectivity index (χ3v) is 5.41. The smallest absolute Gasteiger partial charge is 0.317 e. The number of aliphatic carboxylic acids is 1. The van der Waals surface area contributed by atoms with E-state index in [-0.39, 0.29) is 6.54 Å². The summed E-state index contributed by atoms with van der Waals surface area (Å²) >= 11 is 1.53. The van der Waals surface area contributed by atoms with E-state index in [0.29, 0.717) is 11.2 Å². The topological polar surface area (TPSA) is 62.7 Å². The van der Waals surface area contributed by atoms with Gasteiger partial charge in [-0.3, -0.25) is 9.69 Å². The van der Waals surface area contributed by atoms with Gasteiger partial charge in [-0.2, -0.15) is 0 Å². The van der Waals surface area contributed by atoms with Gasteiger partial charge in [0.05, 0.1) is 16.8 Å². The van der Waals surface area contributed by atoms with Crippen LogP contribution in [-0.4, -0.2) is 40.1 Å². The molecule has 0 atom stereocenters. The molecule has 5 nitrogen and oxygen atoms in total. The summed E-state index contributed by atoms with van der Waals surface area (Å²) in [7, 11) is 0. The Labute approximate surface area is 155 Å². The van der Waals surface area contributed by atoms with Crippen LogP contribution in [0, 0.1) is 0 Å². The van der Waals surface area contributed by atoms with Crippen LogP contribution in [0.25, 0.3) is 10.2 Å². The number of carbonyl (C=O) groups is 1. The van der Waals surface area contributed by atoms with Gasteiger partial charge in [-0.1, -0.05) is 35.6 Å². The van der Waals surface area contributed by atoms with E-state index in [1.165, 1.54) is 16.9 Å². The Morgan fingerprint density at radius 3 is 2.65 bits per heavy atom. The summed E-state index contributed by atoms with van der Waals surface area (Å²) in [6.45, 7) is 0.901. The van der Waals surface area contributed by atoms with Crippen LogP contribution in [0.15, 0.2) is 48.5 Å². The highest BCUT2D eigenvalue weighted by atomic mass is 32.1. The van der Waals surface area contributed by atoms with Gasteiger partial charge < -0.3 is 9.84 Å². The average Bonchev–Trinajstić information content (AvgIpc) is 3.39. The van der Waals surface area contributed by atoms with Crippen LogP contribution in [0.3, 0.4) is 0 Å². The fraction of sp³-hybridized carbons (Fsp3) is 0.300. The summed E-state index contributed by atoms with van der Waals surface area (Å²) in [5.41, 5.74) is 2.13. The highest BCUT2D eigenvalue weighted by molar-refractivity contribution is 7.20. The summed E-state index contributed by atoms with van der Waals surface area (Å²) in [6.07, 6.45) is 3.07. The van der Waals surface area contributed by atoms with Gasteiger partial charge in [0.15, 0.2) is 0 Å². The van der Waals surface area contributed by atoms with Gasteiger partial charge in [-0.25, -0.2) is 4.98 Å². The molecule has 1 saturated carbocycles. The largest absolute Gasteiger partial charge is 0.480 e. The first kappa shape index (κ1) is 17.0. The maximum absolute atomic E-state index is 11.0. The zero-order valence-electron chi connectivity index (χ0n) is 14.3. The Kier molecular flexibility index (Phi) is 4.86. The van der Waals surface area contributed by atoms with Crippen molar-refractivity contribution in [3.63, 3.8) is 0 Å². The van der Waals surface area contributed by atoms with Crippen molar-refractivity contribution < 1.29 is 14.6 Å². The van der Waals surface area contributed by atoms with E-state index in [4.69, 9.17) is 9.84 Å². The molecular formula is C20H20N2O3S. The fourth-order valence-electron chi connectivity index (χ4n) is 3.00. The zero-order chi connectivity index (χ0) is 17.9. The van der Waals surface area contributed by atoms with Crippen molar-refractivity contribution in [1.82, 2.24) is 9.88 Å². The van der Waals surface area contributed by atoms with Crippen LogP contribution in [0.5, 0.6) is 10.9 Å². The lowest BCUT2D eigenvalue weighted by Gasteiger charge is -2.19. The van der Waals surface area contributed by atoms with Gasteiger partial charge in [-0.05, 0) is 49.1 Å². The quantitative estimate of drug-likeness (QED) is 0.646. The van der Waals surface area contributed by atoms with E-state index >= 15 is 0 Å². The molecule has 0 unspecified atom stereocenters. The van der Waals surface area contributed by atoms with Gasteiger partial charge in [-0.15, -0.1) is 0 Å². The molecule has 1 N–H and O–H groups in total. The maximum atomic E-state index is 11.0.